The molecule has 2 rings (SSSR count). The fourth-order valence-corrected chi connectivity index (χ4v) is 2.52. The molecule has 2 amide bonds. The highest BCUT2D eigenvalue weighted by Gasteiger charge is 2.31. The van der Waals surface area contributed by atoms with Gasteiger partial charge in [0.25, 0.3) is 5.91 Å². The summed E-state index contributed by atoms with van der Waals surface area (Å²) in [6.07, 6.45) is 2.82. The summed E-state index contributed by atoms with van der Waals surface area (Å²) in [4.78, 5) is 47.3. The number of carbonyl (C=O) groups is 4. The van der Waals surface area contributed by atoms with Crippen LogP contribution in [-0.4, -0.2) is 48.2 Å². The lowest BCUT2D eigenvalue weighted by Crippen LogP contribution is -2.51. The van der Waals surface area contributed by atoms with E-state index in [0.717, 1.165) is 12.8 Å². The number of nitrogens with two attached hydrogens (primary N) is 1. The molecule has 1 fully saturated rings. The molecule has 1 aromatic rings. The second-order valence-electron chi connectivity index (χ2n) is 5.32. The Bertz CT molecular complexity index is 611. The van der Waals surface area contributed by atoms with Gasteiger partial charge in [0.1, 0.15) is 12.3 Å². The van der Waals surface area contributed by atoms with Crippen LogP contribution >= 0.6 is 0 Å². The third-order valence-electron chi connectivity index (χ3n) is 3.76. The first-order valence-corrected chi connectivity index (χ1v) is 7.34. The zero-order valence-electron chi connectivity index (χ0n) is 12.6. The van der Waals surface area contributed by atoms with E-state index in [1.54, 1.807) is 0 Å². The van der Waals surface area contributed by atoms with Crippen LogP contribution in [0, 0.1) is 0 Å². The monoisotopic (exact) mass is 318 g/mol. The van der Waals surface area contributed by atoms with Crippen molar-refractivity contribution in [1.82, 2.24) is 4.90 Å². The molecule has 7 heteroatoms. The Morgan fingerprint density at radius 3 is 2.52 bits per heavy atom. The molecule has 1 aromatic carbocycles. The number of nitrogens with zero attached hydrogens (tertiary/aromatic N) is 1. The normalized spacial score (nSPS) is 17.4. The number of ether oxygens (including phenoxy) is 1. The molecule has 0 aliphatic carbocycles. The molecular formula is C16H18N2O5. The standard InChI is InChI=1S/C16H18N2O5/c17-15(21)13-3-1-2-8-18(13)14(20)10-23-16(22)12-6-4-11(9-19)5-7-12/h4-7,9,13H,1-3,8,10H2,(H2,17,21)/t13-/m0/s1. The SMILES string of the molecule is NC(=O)[C@@H]1CCCCN1C(=O)COC(=O)c1ccc(C=O)cc1. The molecule has 1 aliphatic heterocycles. The maximum Gasteiger partial charge on any atom is 0.338 e. The van der Waals surface area contributed by atoms with Gasteiger partial charge in [0.2, 0.25) is 5.91 Å². The largest absolute Gasteiger partial charge is 0.452 e. The molecule has 0 spiro atoms. The van der Waals surface area contributed by atoms with E-state index in [4.69, 9.17) is 10.5 Å². The van der Waals surface area contributed by atoms with Gasteiger partial charge in [0.15, 0.2) is 6.61 Å². The molecule has 0 unspecified atom stereocenters. The fourth-order valence-electron chi connectivity index (χ4n) is 2.52. The summed E-state index contributed by atoms with van der Waals surface area (Å²) >= 11 is 0. The quantitative estimate of drug-likeness (QED) is 0.629. The molecule has 23 heavy (non-hydrogen) atoms. The molecule has 0 radical (unpaired) electrons. The summed E-state index contributed by atoms with van der Waals surface area (Å²) in [6, 6.07) is 5.23. The summed E-state index contributed by atoms with van der Waals surface area (Å²) in [5, 5.41) is 0. The van der Waals surface area contributed by atoms with Crippen molar-refractivity contribution >= 4 is 24.1 Å². The van der Waals surface area contributed by atoms with E-state index in [1.807, 2.05) is 0 Å². The Kier molecular flexibility index (Phi) is 5.46. The molecule has 7 nitrogen and oxygen atoms in total. The molecule has 0 bridgehead atoms. The van der Waals surface area contributed by atoms with Crippen molar-refractivity contribution in [2.24, 2.45) is 5.73 Å². The van der Waals surface area contributed by atoms with Crippen LogP contribution in [-0.2, 0) is 14.3 Å². The van der Waals surface area contributed by atoms with Crippen LogP contribution in [0.1, 0.15) is 40.0 Å². The number of hydrogen-bond donors (Lipinski definition) is 1. The Hall–Kier alpha value is -2.70. The first-order chi connectivity index (χ1) is 11.0. The van der Waals surface area contributed by atoms with Gasteiger partial charge in [-0.3, -0.25) is 14.4 Å². The van der Waals surface area contributed by atoms with Crippen molar-refractivity contribution in [2.45, 2.75) is 25.3 Å². The lowest BCUT2D eigenvalue weighted by Gasteiger charge is -2.33. The van der Waals surface area contributed by atoms with Crippen molar-refractivity contribution in [3.63, 3.8) is 0 Å². The van der Waals surface area contributed by atoms with Crippen LogP contribution in [0.4, 0.5) is 0 Å². The minimum Gasteiger partial charge on any atom is -0.452 e. The van der Waals surface area contributed by atoms with Crippen LogP contribution < -0.4 is 5.73 Å². The number of esters is 1. The summed E-state index contributed by atoms with van der Waals surface area (Å²) in [6.45, 7) is -0.0178. The van der Waals surface area contributed by atoms with Gasteiger partial charge < -0.3 is 15.4 Å². The van der Waals surface area contributed by atoms with Gasteiger partial charge in [0, 0.05) is 12.1 Å². The minimum atomic E-state index is -0.663. The summed E-state index contributed by atoms with van der Waals surface area (Å²) in [5.41, 5.74) is 5.98. The highest BCUT2D eigenvalue weighted by atomic mass is 16.5. The Morgan fingerprint density at radius 2 is 1.91 bits per heavy atom. The van der Waals surface area contributed by atoms with E-state index >= 15 is 0 Å². The third-order valence-corrected chi connectivity index (χ3v) is 3.76. The lowest BCUT2D eigenvalue weighted by atomic mass is 10.0. The molecular weight excluding hydrogens is 300 g/mol. The number of primary amides is 1. The van der Waals surface area contributed by atoms with Crippen LogP contribution in [0.2, 0.25) is 0 Å². The van der Waals surface area contributed by atoms with Crippen LogP contribution in [0.25, 0.3) is 0 Å². The van der Waals surface area contributed by atoms with E-state index < -0.39 is 30.4 Å². The smallest absolute Gasteiger partial charge is 0.338 e. The van der Waals surface area contributed by atoms with Gasteiger partial charge in [-0.25, -0.2) is 4.79 Å². The molecule has 1 aliphatic rings. The van der Waals surface area contributed by atoms with Crippen molar-refractivity contribution in [2.75, 3.05) is 13.2 Å². The summed E-state index contributed by atoms with van der Waals surface area (Å²) in [7, 11) is 0. The van der Waals surface area contributed by atoms with E-state index in [9.17, 15) is 19.2 Å². The number of carbonyl (C=O) groups excluding carboxylic acids is 4. The van der Waals surface area contributed by atoms with Crippen molar-refractivity contribution in [1.29, 1.82) is 0 Å². The first-order valence-electron chi connectivity index (χ1n) is 7.34. The average molecular weight is 318 g/mol. The molecule has 0 aromatic heterocycles. The van der Waals surface area contributed by atoms with Crippen molar-refractivity contribution in [3.8, 4) is 0 Å². The second kappa shape index (κ2) is 7.53. The number of amides is 2. The van der Waals surface area contributed by atoms with E-state index in [2.05, 4.69) is 0 Å². The van der Waals surface area contributed by atoms with E-state index in [1.165, 1.54) is 29.2 Å². The number of likely N-dealkylation sites (tertiary alicyclic amines) is 1. The average Bonchev–Trinajstić information content (AvgIpc) is 2.59. The maximum absolute atomic E-state index is 12.1. The van der Waals surface area contributed by atoms with Gasteiger partial charge in [0.05, 0.1) is 5.56 Å². The third kappa shape index (κ3) is 4.15. The molecule has 1 atom stereocenters. The zero-order chi connectivity index (χ0) is 16.8. The molecule has 122 valence electrons. The number of hydrogen-bond acceptors (Lipinski definition) is 5. The van der Waals surface area contributed by atoms with Gasteiger partial charge in [-0.15, -0.1) is 0 Å². The summed E-state index contributed by atoms with van der Waals surface area (Å²) in [5.74, 6) is -1.65. The van der Waals surface area contributed by atoms with Crippen molar-refractivity contribution < 1.29 is 23.9 Å². The topological polar surface area (TPSA) is 107 Å². The summed E-state index contributed by atoms with van der Waals surface area (Å²) < 4.78 is 4.97. The molecule has 2 N–H and O–H groups in total. The number of rotatable bonds is 5. The van der Waals surface area contributed by atoms with E-state index in [-0.39, 0.29) is 5.56 Å². The Morgan fingerprint density at radius 1 is 1.22 bits per heavy atom. The predicted octanol–water partition coefficient (Wildman–Crippen LogP) is 0.522. The maximum atomic E-state index is 12.1. The lowest BCUT2D eigenvalue weighted by molar-refractivity contribution is -0.143. The first kappa shape index (κ1) is 16.7. The van der Waals surface area contributed by atoms with Gasteiger partial charge >= 0.3 is 5.97 Å². The highest BCUT2D eigenvalue weighted by Crippen LogP contribution is 2.17. The number of aldehydes is 1. The Balaban J connectivity index is 1.93. The van der Waals surface area contributed by atoms with Gasteiger partial charge in [-0.1, -0.05) is 12.1 Å². The number of benzene rings is 1. The second-order valence-corrected chi connectivity index (χ2v) is 5.32. The van der Waals surface area contributed by atoms with Gasteiger partial charge in [-0.2, -0.15) is 0 Å². The molecule has 0 saturated carbocycles. The van der Waals surface area contributed by atoms with Crippen molar-refractivity contribution in [3.05, 3.63) is 35.4 Å². The van der Waals surface area contributed by atoms with Crippen LogP contribution in [0.3, 0.4) is 0 Å². The Labute approximate surface area is 133 Å². The van der Waals surface area contributed by atoms with Crippen LogP contribution in [0.5, 0.6) is 0 Å². The van der Waals surface area contributed by atoms with Gasteiger partial charge in [-0.05, 0) is 31.4 Å². The fraction of sp³-hybridized carbons (Fsp3) is 0.375. The minimum absolute atomic E-state index is 0.244. The van der Waals surface area contributed by atoms with Crippen LogP contribution in [0.15, 0.2) is 24.3 Å². The zero-order valence-corrected chi connectivity index (χ0v) is 12.6. The molecule has 1 saturated heterocycles. The predicted molar refractivity (Wildman–Crippen MR) is 80.7 cm³/mol. The van der Waals surface area contributed by atoms with E-state index in [0.29, 0.717) is 24.8 Å². The number of piperidine rings is 1. The molecule has 1 heterocycles. The highest BCUT2D eigenvalue weighted by molar-refractivity contribution is 5.93.